The zero-order chi connectivity index (χ0) is 9.71. The van der Waals surface area contributed by atoms with Gasteiger partial charge in [-0.25, -0.2) is 0 Å². The molecule has 2 heterocycles. The maximum atomic E-state index is 9.55. The molecule has 2 atom stereocenters. The molecule has 1 aromatic carbocycles. The molecule has 0 amide bonds. The fourth-order valence-electron chi connectivity index (χ4n) is 2.42. The largest absolute Gasteiger partial charge is 0.508 e. The summed E-state index contributed by atoms with van der Waals surface area (Å²) in [5.41, 5.74) is 2.14. The normalized spacial score (nSPS) is 29.8. The van der Waals surface area contributed by atoms with Crippen molar-refractivity contribution in [3.05, 3.63) is 23.8 Å². The highest BCUT2D eigenvalue weighted by molar-refractivity contribution is 5.61. The fraction of sp³-hybridized carbons (Fsp3) is 0.400. The van der Waals surface area contributed by atoms with E-state index in [9.17, 15) is 10.3 Å². The molecule has 0 bridgehead atoms. The Kier molecular flexibility index (Phi) is 1.51. The number of nitrogens with one attached hydrogen (secondary N) is 1. The number of anilines is 1. The van der Waals surface area contributed by atoms with Gasteiger partial charge in [0.05, 0.1) is 0 Å². The van der Waals surface area contributed by atoms with E-state index in [1.807, 2.05) is 6.07 Å². The first-order valence-electron chi connectivity index (χ1n) is 4.80. The number of nitrogens with zero attached hydrogens (tertiary/aromatic N) is 1. The van der Waals surface area contributed by atoms with E-state index in [-0.39, 0.29) is 6.17 Å². The number of hydroxylamine groups is 2. The minimum atomic E-state index is -0.00759. The molecule has 4 nitrogen and oxygen atoms in total. The van der Waals surface area contributed by atoms with Crippen LogP contribution in [0, 0.1) is 0 Å². The summed E-state index contributed by atoms with van der Waals surface area (Å²) in [6.07, 6.45) is 0.928. The predicted molar refractivity (Wildman–Crippen MR) is 51.4 cm³/mol. The lowest BCUT2D eigenvalue weighted by Gasteiger charge is -2.16. The highest BCUT2D eigenvalue weighted by Gasteiger charge is 2.40. The second kappa shape index (κ2) is 2.62. The lowest BCUT2D eigenvalue weighted by molar-refractivity contribution is -0.0950. The van der Waals surface area contributed by atoms with Gasteiger partial charge in [-0.15, -0.1) is 0 Å². The van der Waals surface area contributed by atoms with Gasteiger partial charge < -0.3 is 15.6 Å². The SMILES string of the molecule is Oc1ccc2c(c1)C1CCN(O)C1N2. The molecule has 3 rings (SSSR count). The molecule has 2 aliphatic heterocycles. The molecular formula is C10H12N2O2. The summed E-state index contributed by atoms with van der Waals surface area (Å²) in [7, 11) is 0. The van der Waals surface area contributed by atoms with E-state index in [1.54, 1.807) is 12.1 Å². The van der Waals surface area contributed by atoms with Crippen LogP contribution in [0.5, 0.6) is 5.75 Å². The molecule has 1 aromatic rings. The van der Waals surface area contributed by atoms with Gasteiger partial charge in [0.25, 0.3) is 0 Å². The van der Waals surface area contributed by atoms with Crippen LogP contribution in [0.2, 0.25) is 0 Å². The van der Waals surface area contributed by atoms with Gasteiger partial charge in [-0.1, -0.05) is 0 Å². The van der Waals surface area contributed by atoms with Crippen LogP contribution >= 0.6 is 0 Å². The van der Waals surface area contributed by atoms with E-state index < -0.39 is 0 Å². The fourth-order valence-corrected chi connectivity index (χ4v) is 2.42. The molecule has 1 fully saturated rings. The van der Waals surface area contributed by atoms with Crippen LogP contribution < -0.4 is 5.32 Å². The van der Waals surface area contributed by atoms with Crippen molar-refractivity contribution in [2.45, 2.75) is 18.5 Å². The van der Waals surface area contributed by atoms with Crippen LogP contribution in [-0.4, -0.2) is 28.1 Å². The van der Waals surface area contributed by atoms with Crippen molar-refractivity contribution in [1.29, 1.82) is 0 Å². The third-order valence-electron chi connectivity index (χ3n) is 3.11. The van der Waals surface area contributed by atoms with E-state index in [4.69, 9.17) is 0 Å². The quantitative estimate of drug-likeness (QED) is 0.543. The summed E-state index contributed by atoms with van der Waals surface area (Å²) >= 11 is 0. The first-order valence-corrected chi connectivity index (χ1v) is 4.80. The van der Waals surface area contributed by atoms with Gasteiger partial charge in [-0.2, -0.15) is 5.06 Å². The lowest BCUT2D eigenvalue weighted by Crippen LogP contribution is -2.32. The van der Waals surface area contributed by atoms with Crippen LogP contribution in [0.1, 0.15) is 17.9 Å². The van der Waals surface area contributed by atoms with Crippen LogP contribution in [0.15, 0.2) is 18.2 Å². The van der Waals surface area contributed by atoms with Crippen molar-refractivity contribution < 1.29 is 10.3 Å². The molecule has 3 N–H and O–H groups in total. The molecule has 4 heteroatoms. The van der Waals surface area contributed by atoms with Crippen molar-refractivity contribution in [2.24, 2.45) is 0 Å². The molecule has 1 saturated heterocycles. The third-order valence-corrected chi connectivity index (χ3v) is 3.11. The number of phenols is 1. The van der Waals surface area contributed by atoms with E-state index in [0.29, 0.717) is 18.2 Å². The molecular weight excluding hydrogens is 180 g/mol. The lowest BCUT2D eigenvalue weighted by atomic mass is 9.98. The number of hydrogen-bond donors (Lipinski definition) is 3. The third kappa shape index (κ3) is 0.951. The summed E-state index contributed by atoms with van der Waals surface area (Å²) in [4.78, 5) is 0. The predicted octanol–water partition coefficient (Wildman–Crippen LogP) is 1.32. The summed E-state index contributed by atoms with van der Waals surface area (Å²) in [5, 5.41) is 23.5. The molecule has 74 valence electrons. The summed E-state index contributed by atoms with van der Waals surface area (Å²) in [6, 6.07) is 5.30. The monoisotopic (exact) mass is 192 g/mol. The Bertz CT molecular complexity index is 380. The first-order chi connectivity index (χ1) is 6.75. The Balaban J connectivity index is 2.05. The van der Waals surface area contributed by atoms with E-state index in [1.165, 1.54) is 5.06 Å². The minimum Gasteiger partial charge on any atom is -0.508 e. The molecule has 0 spiro atoms. The average Bonchev–Trinajstić information content (AvgIpc) is 2.67. The number of rotatable bonds is 0. The first kappa shape index (κ1) is 8.08. The number of hydrogen-bond acceptors (Lipinski definition) is 4. The van der Waals surface area contributed by atoms with Crippen molar-refractivity contribution in [3.63, 3.8) is 0 Å². The van der Waals surface area contributed by atoms with Crippen molar-refractivity contribution in [1.82, 2.24) is 5.06 Å². The summed E-state index contributed by atoms with van der Waals surface area (Å²) in [5.74, 6) is 0.602. The minimum absolute atomic E-state index is 0.00759. The molecule has 2 aliphatic rings. The maximum absolute atomic E-state index is 9.55. The average molecular weight is 192 g/mol. The molecule has 0 saturated carbocycles. The van der Waals surface area contributed by atoms with Crippen molar-refractivity contribution in [2.75, 3.05) is 11.9 Å². The molecule has 0 aliphatic carbocycles. The molecule has 0 aromatic heterocycles. The second-order valence-electron chi connectivity index (χ2n) is 3.92. The summed E-state index contributed by atoms with van der Waals surface area (Å²) in [6.45, 7) is 0.692. The second-order valence-corrected chi connectivity index (χ2v) is 3.92. The standard InChI is InChI=1S/C10H12N2O2/c13-6-1-2-9-8(5-6)7-3-4-12(14)10(7)11-9/h1-2,5,7,10-11,13-14H,3-4H2. The summed E-state index contributed by atoms with van der Waals surface area (Å²) < 4.78 is 0. The van der Waals surface area contributed by atoms with Gasteiger partial charge in [0.15, 0.2) is 0 Å². The highest BCUT2D eigenvalue weighted by atomic mass is 16.5. The van der Waals surface area contributed by atoms with Gasteiger partial charge in [-0.3, -0.25) is 0 Å². The smallest absolute Gasteiger partial charge is 0.116 e. The van der Waals surface area contributed by atoms with Gasteiger partial charge in [0.1, 0.15) is 11.9 Å². The topological polar surface area (TPSA) is 55.7 Å². The molecule has 2 unspecified atom stereocenters. The van der Waals surface area contributed by atoms with Crippen molar-refractivity contribution in [3.8, 4) is 5.75 Å². The van der Waals surface area contributed by atoms with Gasteiger partial charge in [0.2, 0.25) is 0 Å². The van der Waals surface area contributed by atoms with Gasteiger partial charge in [-0.05, 0) is 30.2 Å². The van der Waals surface area contributed by atoms with Crippen molar-refractivity contribution >= 4 is 5.69 Å². The van der Waals surface area contributed by atoms with Crippen LogP contribution in [0.3, 0.4) is 0 Å². The zero-order valence-electron chi connectivity index (χ0n) is 7.64. The van der Waals surface area contributed by atoms with E-state index in [0.717, 1.165) is 17.7 Å². The Labute approximate surface area is 81.7 Å². The number of phenolic OH excluding ortho intramolecular Hbond substituents is 1. The highest BCUT2D eigenvalue weighted by Crippen LogP contribution is 2.43. The maximum Gasteiger partial charge on any atom is 0.116 e. The number of benzene rings is 1. The van der Waals surface area contributed by atoms with Crippen LogP contribution in [0.4, 0.5) is 5.69 Å². The van der Waals surface area contributed by atoms with E-state index in [2.05, 4.69) is 5.32 Å². The Morgan fingerprint density at radius 1 is 1.43 bits per heavy atom. The van der Waals surface area contributed by atoms with Crippen LogP contribution in [0.25, 0.3) is 0 Å². The Hall–Kier alpha value is -1.26. The van der Waals surface area contributed by atoms with Crippen LogP contribution in [-0.2, 0) is 0 Å². The van der Waals surface area contributed by atoms with Gasteiger partial charge in [0, 0.05) is 18.2 Å². The molecule has 0 radical (unpaired) electrons. The molecule has 14 heavy (non-hydrogen) atoms. The van der Waals surface area contributed by atoms with Gasteiger partial charge >= 0.3 is 0 Å². The number of aromatic hydroxyl groups is 1. The number of fused-ring (bicyclic) bond motifs is 3. The Morgan fingerprint density at radius 2 is 2.29 bits per heavy atom. The Morgan fingerprint density at radius 3 is 3.14 bits per heavy atom. The zero-order valence-corrected chi connectivity index (χ0v) is 7.64. The van der Waals surface area contributed by atoms with E-state index >= 15 is 0 Å².